The molecular formula is C10H9BrN4. The van der Waals surface area contributed by atoms with Gasteiger partial charge in [0.15, 0.2) is 0 Å². The van der Waals surface area contributed by atoms with Crippen LogP contribution in [0.1, 0.15) is 5.69 Å². The Hall–Kier alpha value is -1.49. The number of hydrogen-bond acceptors (Lipinski definition) is 4. The second-order valence-electron chi connectivity index (χ2n) is 3.06. The molecule has 1 heterocycles. The van der Waals surface area contributed by atoms with Crippen LogP contribution in [-0.2, 0) is 0 Å². The molecule has 15 heavy (non-hydrogen) atoms. The highest BCUT2D eigenvalue weighted by molar-refractivity contribution is 9.10. The summed E-state index contributed by atoms with van der Waals surface area (Å²) in [7, 11) is 0. The zero-order chi connectivity index (χ0) is 10.7. The largest absolute Gasteiger partial charge is 0.323 e. The van der Waals surface area contributed by atoms with E-state index in [1.807, 2.05) is 31.2 Å². The molecule has 0 spiro atoms. The van der Waals surface area contributed by atoms with Gasteiger partial charge in [-0.3, -0.25) is 0 Å². The van der Waals surface area contributed by atoms with E-state index in [4.69, 9.17) is 0 Å². The molecule has 5 heteroatoms. The van der Waals surface area contributed by atoms with Crippen LogP contribution < -0.4 is 5.32 Å². The Morgan fingerprint density at radius 2 is 2.20 bits per heavy atom. The zero-order valence-electron chi connectivity index (χ0n) is 8.11. The predicted molar refractivity (Wildman–Crippen MR) is 62.0 cm³/mol. The molecule has 0 aliphatic carbocycles. The van der Waals surface area contributed by atoms with Crippen LogP contribution in [0.5, 0.6) is 0 Å². The van der Waals surface area contributed by atoms with Crippen LogP contribution in [0.4, 0.5) is 11.6 Å². The molecule has 0 saturated carbocycles. The summed E-state index contributed by atoms with van der Waals surface area (Å²) >= 11 is 3.39. The highest BCUT2D eigenvalue weighted by Crippen LogP contribution is 2.17. The predicted octanol–water partition coefficient (Wildman–Crippen LogP) is 2.69. The maximum absolute atomic E-state index is 4.20. The molecule has 0 radical (unpaired) electrons. The lowest BCUT2D eigenvalue weighted by molar-refractivity contribution is 0.949. The zero-order valence-corrected chi connectivity index (χ0v) is 9.69. The van der Waals surface area contributed by atoms with E-state index in [9.17, 15) is 0 Å². The molecule has 2 rings (SSSR count). The summed E-state index contributed by atoms with van der Waals surface area (Å²) in [4.78, 5) is 4.20. The maximum Gasteiger partial charge on any atom is 0.247 e. The van der Waals surface area contributed by atoms with Crippen molar-refractivity contribution in [2.24, 2.45) is 0 Å². The lowest BCUT2D eigenvalue weighted by Crippen LogP contribution is -1.99. The minimum absolute atomic E-state index is 0.508. The van der Waals surface area contributed by atoms with E-state index in [1.165, 1.54) is 0 Å². The minimum Gasteiger partial charge on any atom is -0.323 e. The van der Waals surface area contributed by atoms with Crippen LogP contribution in [0.25, 0.3) is 0 Å². The molecule has 0 saturated heterocycles. The van der Waals surface area contributed by atoms with Gasteiger partial charge in [0.2, 0.25) is 5.95 Å². The standard InChI is InChI=1S/C10H9BrN4/c1-7-6-12-15-10(13-7)14-9-4-2-3-8(11)5-9/h2-6H,1H3,(H,13,14,15). The second kappa shape index (κ2) is 4.35. The van der Waals surface area contributed by atoms with Crippen molar-refractivity contribution in [3.05, 3.63) is 40.6 Å². The van der Waals surface area contributed by atoms with Crippen molar-refractivity contribution >= 4 is 27.6 Å². The van der Waals surface area contributed by atoms with E-state index in [-0.39, 0.29) is 0 Å². The van der Waals surface area contributed by atoms with Crippen molar-refractivity contribution in [3.63, 3.8) is 0 Å². The fourth-order valence-electron chi connectivity index (χ4n) is 1.13. The van der Waals surface area contributed by atoms with Crippen molar-refractivity contribution in [1.82, 2.24) is 15.2 Å². The normalized spacial score (nSPS) is 10.0. The van der Waals surface area contributed by atoms with Crippen LogP contribution in [0.2, 0.25) is 0 Å². The molecule has 0 bridgehead atoms. The Morgan fingerprint density at radius 1 is 1.33 bits per heavy atom. The second-order valence-corrected chi connectivity index (χ2v) is 3.97. The van der Waals surface area contributed by atoms with Gasteiger partial charge in [0.05, 0.1) is 11.9 Å². The summed E-state index contributed by atoms with van der Waals surface area (Å²) in [6.07, 6.45) is 1.62. The molecule has 0 amide bonds. The lowest BCUT2D eigenvalue weighted by atomic mass is 10.3. The Balaban J connectivity index is 2.22. The SMILES string of the molecule is Cc1cnnc(Nc2cccc(Br)c2)n1. The van der Waals surface area contributed by atoms with Gasteiger partial charge >= 0.3 is 0 Å². The number of nitrogens with one attached hydrogen (secondary N) is 1. The highest BCUT2D eigenvalue weighted by atomic mass is 79.9. The summed E-state index contributed by atoms with van der Waals surface area (Å²) in [5.74, 6) is 0.508. The number of nitrogens with zero attached hydrogens (tertiary/aromatic N) is 3. The van der Waals surface area contributed by atoms with Crippen LogP contribution in [0.15, 0.2) is 34.9 Å². The van der Waals surface area contributed by atoms with Gasteiger partial charge < -0.3 is 5.32 Å². The van der Waals surface area contributed by atoms with E-state index >= 15 is 0 Å². The average Bonchev–Trinajstić information content (AvgIpc) is 2.17. The summed E-state index contributed by atoms with van der Waals surface area (Å²) in [6.45, 7) is 1.88. The van der Waals surface area contributed by atoms with Crippen molar-refractivity contribution < 1.29 is 0 Å². The van der Waals surface area contributed by atoms with Gasteiger partial charge in [-0.05, 0) is 25.1 Å². The summed E-state index contributed by atoms with van der Waals surface area (Å²) in [5, 5.41) is 10.8. The van der Waals surface area contributed by atoms with Crippen LogP contribution >= 0.6 is 15.9 Å². The number of halogens is 1. The Kier molecular flexibility index (Phi) is 2.91. The van der Waals surface area contributed by atoms with Gasteiger partial charge in [0.25, 0.3) is 0 Å². The van der Waals surface area contributed by atoms with Gasteiger partial charge in [-0.1, -0.05) is 22.0 Å². The molecule has 0 aliphatic rings. The van der Waals surface area contributed by atoms with Crippen molar-refractivity contribution in [2.45, 2.75) is 6.92 Å². The third-order valence-electron chi connectivity index (χ3n) is 1.76. The van der Waals surface area contributed by atoms with Crippen molar-refractivity contribution in [1.29, 1.82) is 0 Å². The van der Waals surface area contributed by atoms with Crippen LogP contribution in [0, 0.1) is 6.92 Å². The molecule has 0 aliphatic heterocycles. The average molecular weight is 265 g/mol. The fourth-order valence-corrected chi connectivity index (χ4v) is 1.53. The monoisotopic (exact) mass is 264 g/mol. The van der Waals surface area contributed by atoms with Gasteiger partial charge in [-0.15, -0.1) is 5.10 Å². The quantitative estimate of drug-likeness (QED) is 0.906. The maximum atomic E-state index is 4.20. The third kappa shape index (κ3) is 2.73. The molecule has 4 nitrogen and oxygen atoms in total. The number of anilines is 2. The van der Waals surface area contributed by atoms with Gasteiger partial charge in [-0.2, -0.15) is 5.10 Å². The van der Waals surface area contributed by atoms with Crippen molar-refractivity contribution in [2.75, 3.05) is 5.32 Å². The number of rotatable bonds is 2. The molecule has 1 aromatic carbocycles. The Labute approximate surface area is 95.9 Å². The molecule has 0 atom stereocenters. The number of aromatic nitrogens is 3. The summed E-state index contributed by atoms with van der Waals surface area (Å²) in [5.41, 5.74) is 1.76. The third-order valence-corrected chi connectivity index (χ3v) is 2.25. The van der Waals surface area contributed by atoms with E-state index in [2.05, 4.69) is 36.4 Å². The van der Waals surface area contributed by atoms with Crippen molar-refractivity contribution in [3.8, 4) is 0 Å². The first kappa shape index (κ1) is 10.0. The first-order valence-corrected chi connectivity index (χ1v) is 5.22. The Bertz CT molecular complexity index is 429. The van der Waals surface area contributed by atoms with E-state index in [0.29, 0.717) is 5.95 Å². The van der Waals surface area contributed by atoms with Gasteiger partial charge in [-0.25, -0.2) is 4.98 Å². The molecule has 2 aromatic rings. The molecule has 1 aromatic heterocycles. The fraction of sp³-hybridized carbons (Fsp3) is 0.100. The molecule has 0 unspecified atom stereocenters. The van der Waals surface area contributed by atoms with E-state index in [1.54, 1.807) is 6.20 Å². The smallest absolute Gasteiger partial charge is 0.247 e. The van der Waals surface area contributed by atoms with Gasteiger partial charge in [0, 0.05) is 10.2 Å². The van der Waals surface area contributed by atoms with E-state index < -0.39 is 0 Å². The van der Waals surface area contributed by atoms with Crippen LogP contribution in [-0.4, -0.2) is 15.2 Å². The number of hydrogen-bond donors (Lipinski definition) is 1. The topological polar surface area (TPSA) is 50.7 Å². The van der Waals surface area contributed by atoms with E-state index in [0.717, 1.165) is 15.9 Å². The highest BCUT2D eigenvalue weighted by Gasteiger charge is 1.98. The lowest BCUT2D eigenvalue weighted by Gasteiger charge is -2.04. The van der Waals surface area contributed by atoms with Crippen LogP contribution in [0.3, 0.4) is 0 Å². The molecule has 0 fully saturated rings. The first-order valence-electron chi connectivity index (χ1n) is 4.43. The number of benzene rings is 1. The summed E-state index contributed by atoms with van der Waals surface area (Å²) in [6, 6.07) is 7.79. The first-order chi connectivity index (χ1) is 7.24. The Morgan fingerprint density at radius 3 is 2.93 bits per heavy atom. The number of aryl methyl sites for hydroxylation is 1. The minimum atomic E-state index is 0.508. The molecule has 76 valence electrons. The molecular weight excluding hydrogens is 256 g/mol. The molecule has 1 N–H and O–H groups in total. The van der Waals surface area contributed by atoms with Gasteiger partial charge in [0.1, 0.15) is 0 Å². The summed E-state index contributed by atoms with van der Waals surface area (Å²) < 4.78 is 1.01.